The lowest BCUT2D eigenvalue weighted by atomic mass is 10.0. The SMILES string of the molecule is COc1ccc(C2=c3ccc([nH]3)=C(c3ccc(OC)c(S(=O)(=O)O)c3)c3ccc([nH]3)C(c3ccc(OC)c(S(=O)(=O)O)c3)=c3ccc([nH]3)=C(c3ccc(OC)c(S(=O)(=O)O)c3)c3ccc2[nH]3)cc1S(=O)(=O)O. The van der Waals surface area contributed by atoms with Crippen LogP contribution in [0.5, 0.6) is 23.0 Å². The fourth-order valence-electron chi connectivity index (χ4n) is 8.71. The molecule has 20 nitrogen and oxygen atoms in total. The Morgan fingerprint density at radius 2 is 0.514 bits per heavy atom. The first-order chi connectivity index (χ1) is 34.0. The number of hydrogen-bond acceptors (Lipinski definition) is 12. The summed E-state index contributed by atoms with van der Waals surface area (Å²) in [4.78, 5) is 11.3. The molecule has 8 aromatic rings. The molecule has 0 amide bonds. The molecule has 0 aliphatic carbocycles. The van der Waals surface area contributed by atoms with Gasteiger partial charge in [0.2, 0.25) is 0 Å². The Morgan fingerprint density at radius 1 is 0.306 bits per heavy atom. The molecule has 372 valence electrons. The normalized spacial score (nSPS) is 13.3. The highest BCUT2D eigenvalue weighted by Gasteiger charge is 2.26. The summed E-state index contributed by atoms with van der Waals surface area (Å²) < 4.78 is 165. The topological polar surface area (TPSA) is 318 Å². The van der Waals surface area contributed by atoms with Gasteiger partial charge in [0.1, 0.15) is 42.6 Å². The van der Waals surface area contributed by atoms with Gasteiger partial charge in [0.05, 0.1) is 28.4 Å². The summed E-state index contributed by atoms with van der Waals surface area (Å²) in [7, 11) is -14.6. The Balaban J connectivity index is 1.48. The van der Waals surface area contributed by atoms with Gasteiger partial charge in [-0.3, -0.25) is 18.2 Å². The Morgan fingerprint density at radius 3 is 0.694 bits per heavy atom. The van der Waals surface area contributed by atoms with Crippen molar-refractivity contribution in [3.63, 3.8) is 0 Å². The van der Waals surface area contributed by atoms with E-state index in [0.717, 1.165) is 0 Å². The van der Waals surface area contributed by atoms with E-state index >= 15 is 0 Å². The second kappa shape index (κ2) is 18.2. The van der Waals surface area contributed by atoms with Crippen LogP contribution in [-0.2, 0) is 40.5 Å². The fourth-order valence-corrected chi connectivity index (χ4v) is 11.4. The van der Waals surface area contributed by atoms with Crippen LogP contribution < -0.4 is 40.3 Å². The molecule has 1 aliphatic rings. The summed E-state index contributed by atoms with van der Waals surface area (Å²) in [6.45, 7) is 0. The van der Waals surface area contributed by atoms with Crippen LogP contribution in [-0.4, -0.2) is 100 Å². The van der Waals surface area contributed by atoms with Crippen molar-refractivity contribution >= 4 is 62.8 Å². The third-order valence-corrected chi connectivity index (χ3v) is 15.3. The van der Waals surface area contributed by atoms with E-state index in [4.69, 9.17) is 18.9 Å². The molecule has 24 heteroatoms. The molecule has 5 heterocycles. The van der Waals surface area contributed by atoms with Gasteiger partial charge in [0.25, 0.3) is 40.5 Å². The number of nitrogens with one attached hydrogen (secondary N) is 4. The van der Waals surface area contributed by atoms with Crippen LogP contribution in [0.3, 0.4) is 0 Å². The maximum atomic E-state index is 12.8. The number of benzene rings is 4. The molecule has 8 bridgehead atoms. The highest BCUT2D eigenvalue weighted by Crippen LogP contribution is 2.35. The second-order valence-electron chi connectivity index (χ2n) is 16.0. The second-order valence-corrected chi connectivity index (χ2v) is 21.6. The summed E-state index contributed by atoms with van der Waals surface area (Å²) >= 11 is 0. The van der Waals surface area contributed by atoms with E-state index < -0.39 is 60.1 Å². The number of fused-ring (bicyclic) bond motifs is 8. The Labute approximate surface area is 410 Å². The fraction of sp³-hybridized carbons (Fsp3) is 0.0833. The Hall–Kier alpha value is -7.68. The summed E-state index contributed by atoms with van der Waals surface area (Å²) in [5, 5.41) is 1.31. The monoisotopic (exact) mass is 1060 g/mol. The van der Waals surface area contributed by atoms with Gasteiger partial charge in [-0.05, 0) is 119 Å². The van der Waals surface area contributed by atoms with E-state index in [1.807, 2.05) is 0 Å². The lowest BCUT2D eigenvalue weighted by molar-refractivity contribution is 0.397. The van der Waals surface area contributed by atoms with Crippen LogP contribution in [0.15, 0.2) is 141 Å². The molecule has 0 unspecified atom stereocenters. The first-order valence-electron chi connectivity index (χ1n) is 20.9. The number of rotatable bonds is 12. The smallest absolute Gasteiger partial charge is 0.298 e. The number of H-pyrrole nitrogens is 4. The summed E-state index contributed by atoms with van der Waals surface area (Å²) in [6.07, 6.45) is 0. The minimum atomic E-state index is -4.88. The van der Waals surface area contributed by atoms with Crippen LogP contribution in [0.25, 0.3) is 22.3 Å². The number of aromatic amines is 4. The molecular weight excluding hydrogens is 1020 g/mol. The van der Waals surface area contributed by atoms with Crippen LogP contribution in [0.1, 0.15) is 45.0 Å². The van der Waals surface area contributed by atoms with E-state index in [1.54, 1.807) is 72.8 Å². The van der Waals surface area contributed by atoms with Gasteiger partial charge in [0.15, 0.2) is 0 Å². The molecule has 0 saturated heterocycles. The van der Waals surface area contributed by atoms with Crippen molar-refractivity contribution in [1.29, 1.82) is 0 Å². The van der Waals surface area contributed by atoms with E-state index in [2.05, 4.69) is 19.9 Å². The molecule has 0 radical (unpaired) electrons. The largest absolute Gasteiger partial charge is 0.495 e. The van der Waals surface area contributed by atoms with E-state index in [0.29, 0.717) is 66.5 Å². The van der Waals surface area contributed by atoms with Gasteiger partial charge in [-0.25, -0.2) is 0 Å². The summed E-state index contributed by atoms with van der Waals surface area (Å²) in [6, 6.07) is 29.7. The quantitative estimate of drug-likeness (QED) is 0.0814. The van der Waals surface area contributed by atoms with Crippen molar-refractivity contribution in [3.05, 3.63) is 188 Å². The number of hydrogen-bond donors (Lipinski definition) is 8. The maximum absolute atomic E-state index is 12.8. The predicted molar refractivity (Wildman–Crippen MR) is 259 cm³/mol. The highest BCUT2D eigenvalue weighted by atomic mass is 32.2. The molecule has 1 aliphatic heterocycles. The number of methoxy groups -OCH3 is 4. The zero-order valence-electron chi connectivity index (χ0n) is 37.9. The van der Waals surface area contributed by atoms with Crippen LogP contribution >= 0.6 is 0 Å². The van der Waals surface area contributed by atoms with Gasteiger partial charge in [-0.2, -0.15) is 33.7 Å². The summed E-state index contributed by atoms with van der Waals surface area (Å²) in [5.74, 6) is -0.633. The van der Waals surface area contributed by atoms with E-state index in [-0.39, 0.29) is 45.3 Å². The van der Waals surface area contributed by atoms with Crippen molar-refractivity contribution in [2.24, 2.45) is 0 Å². The van der Waals surface area contributed by atoms with Gasteiger partial charge < -0.3 is 38.9 Å². The van der Waals surface area contributed by atoms with Gasteiger partial charge in [0, 0.05) is 66.5 Å². The van der Waals surface area contributed by atoms with Gasteiger partial charge in [-0.1, -0.05) is 24.3 Å². The zero-order chi connectivity index (χ0) is 51.7. The van der Waals surface area contributed by atoms with E-state index in [1.165, 1.54) is 77.0 Å². The van der Waals surface area contributed by atoms with Crippen molar-refractivity contribution in [3.8, 4) is 23.0 Å². The molecule has 72 heavy (non-hydrogen) atoms. The Bertz CT molecular complexity index is 3740. The van der Waals surface area contributed by atoms with Crippen molar-refractivity contribution in [2.45, 2.75) is 19.6 Å². The van der Waals surface area contributed by atoms with E-state index in [9.17, 15) is 51.9 Å². The van der Waals surface area contributed by atoms with Crippen LogP contribution in [0, 0.1) is 0 Å². The standard InChI is InChI=1S/C48H40N4O16S4/c1-65-37-17-5-25(21-41(37)69(53,54)55)45-29-9-11-31(49-29)46(26-6-18-38(66-2)42(22-26)70(56,57)58)33-13-15-35(51-33)48(28-8-20-40(68-4)44(24-28)72(62,63)64)36-16-14-34(52-36)47(32-12-10-30(45)50-32)27-7-19-39(67-3)43(23-27)71(59,60)61/h5-24,49-52H,1-4H3,(H,53,54,55)(H,56,57,58)(H,59,60,61)(H,62,63,64). The van der Waals surface area contributed by atoms with Crippen molar-refractivity contribution < 1.29 is 70.8 Å². The van der Waals surface area contributed by atoms with Crippen LogP contribution in [0.2, 0.25) is 0 Å². The molecule has 0 atom stereocenters. The molecule has 4 aromatic heterocycles. The molecule has 9 rings (SSSR count). The average molecular weight is 1060 g/mol. The first kappa shape index (κ1) is 49.3. The average Bonchev–Trinajstić information content (AvgIpc) is 4.19. The highest BCUT2D eigenvalue weighted by molar-refractivity contribution is 7.86. The van der Waals surface area contributed by atoms with Crippen LogP contribution in [0.4, 0.5) is 0 Å². The maximum Gasteiger partial charge on any atom is 0.298 e. The van der Waals surface area contributed by atoms with Gasteiger partial charge in [-0.15, -0.1) is 0 Å². The molecule has 8 N–H and O–H groups in total. The summed E-state index contributed by atoms with van der Waals surface area (Å²) in [5.41, 5.74) is 3.52. The third kappa shape index (κ3) is 9.12. The number of ether oxygens (including phenoxy) is 4. The molecule has 0 fully saturated rings. The molecule has 0 spiro atoms. The predicted octanol–water partition coefficient (Wildman–Crippen LogP) is 3.32. The first-order valence-corrected chi connectivity index (χ1v) is 26.7. The van der Waals surface area contributed by atoms with Crippen molar-refractivity contribution in [1.82, 2.24) is 19.9 Å². The third-order valence-electron chi connectivity index (χ3n) is 11.8. The molecular formula is C48H40N4O16S4. The molecule has 0 saturated carbocycles. The lowest BCUT2D eigenvalue weighted by Crippen LogP contribution is -2.19. The minimum Gasteiger partial charge on any atom is -0.495 e. The minimum absolute atomic E-state index is 0.158. The zero-order valence-corrected chi connectivity index (χ0v) is 41.1. The lowest BCUT2D eigenvalue weighted by Gasteiger charge is -2.13. The van der Waals surface area contributed by atoms with Crippen molar-refractivity contribution in [2.75, 3.05) is 28.4 Å². The molecule has 4 aromatic carbocycles. The van der Waals surface area contributed by atoms with Gasteiger partial charge >= 0.3 is 0 Å². The Kier molecular flexibility index (Phi) is 12.4. The number of aromatic nitrogens is 4.